The van der Waals surface area contributed by atoms with Crippen LogP contribution in [0, 0.1) is 0 Å². The summed E-state index contributed by atoms with van der Waals surface area (Å²) in [7, 11) is 3.84. The molecular formula is C15H27N7O. The molecule has 1 amide bonds. The largest absolute Gasteiger partial charge is 0.369 e. The molecule has 0 radical (unpaired) electrons. The highest BCUT2D eigenvalue weighted by Gasteiger charge is 2.21. The number of hydrogen-bond donors (Lipinski definition) is 2. The van der Waals surface area contributed by atoms with E-state index < -0.39 is 0 Å². The van der Waals surface area contributed by atoms with E-state index >= 15 is 0 Å². The number of nitrogens with two attached hydrogens (primary N) is 1. The van der Waals surface area contributed by atoms with Crippen molar-refractivity contribution in [3.63, 3.8) is 0 Å². The molecule has 1 aromatic heterocycles. The Morgan fingerprint density at radius 1 is 1.30 bits per heavy atom. The molecule has 0 spiro atoms. The number of likely N-dealkylation sites (tertiary alicyclic amines) is 1. The van der Waals surface area contributed by atoms with Gasteiger partial charge in [0.2, 0.25) is 17.8 Å². The molecule has 1 aliphatic rings. The first-order valence-corrected chi connectivity index (χ1v) is 8.05. The van der Waals surface area contributed by atoms with Crippen LogP contribution in [0.3, 0.4) is 0 Å². The molecule has 2 heterocycles. The van der Waals surface area contributed by atoms with Crippen molar-refractivity contribution in [3.8, 4) is 0 Å². The first-order valence-electron chi connectivity index (χ1n) is 8.05. The van der Waals surface area contributed by atoms with E-state index in [1.807, 2.05) is 19.0 Å². The third kappa shape index (κ3) is 5.02. The molecule has 2 rings (SSSR count). The van der Waals surface area contributed by atoms with Crippen molar-refractivity contribution in [3.05, 3.63) is 5.82 Å². The third-order valence-corrected chi connectivity index (χ3v) is 3.86. The van der Waals surface area contributed by atoms with Crippen molar-refractivity contribution < 1.29 is 4.79 Å². The lowest BCUT2D eigenvalue weighted by Gasteiger charge is -2.31. The van der Waals surface area contributed by atoms with E-state index in [4.69, 9.17) is 5.73 Å². The van der Waals surface area contributed by atoms with Crippen molar-refractivity contribution in [1.82, 2.24) is 19.9 Å². The predicted octanol–water partition coefficient (Wildman–Crippen LogP) is 0.423. The summed E-state index contributed by atoms with van der Waals surface area (Å²) in [5.74, 6) is 2.05. The number of primary amides is 1. The minimum Gasteiger partial charge on any atom is -0.369 e. The van der Waals surface area contributed by atoms with Gasteiger partial charge in [0.05, 0.1) is 6.54 Å². The molecule has 1 aromatic rings. The molecule has 8 nitrogen and oxygen atoms in total. The monoisotopic (exact) mass is 321 g/mol. The fourth-order valence-corrected chi connectivity index (χ4v) is 2.54. The average molecular weight is 321 g/mol. The molecule has 0 saturated carbocycles. The highest BCUT2D eigenvalue weighted by Crippen LogP contribution is 2.18. The number of amides is 1. The van der Waals surface area contributed by atoms with E-state index in [1.54, 1.807) is 0 Å². The molecule has 23 heavy (non-hydrogen) atoms. The quantitative estimate of drug-likeness (QED) is 0.783. The SMILES string of the molecule is CC(C)c1nc(NC2CCN(CC(N)=O)CC2)nc(N(C)C)n1. The standard InChI is InChI=1S/C15H27N7O/c1-10(2)13-18-14(20-15(19-13)21(3)4)17-11-5-7-22(8-6-11)9-12(16)23/h10-11H,5-9H2,1-4H3,(H2,16,23)(H,17,18,19,20). The molecule has 128 valence electrons. The van der Waals surface area contributed by atoms with Crippen LogP contribution in [0.15, 0.2) is 0 Å². The van der Waals surface area contributed by atoms with Crippen LogP contribution in [0.5, 0.6) is 0 Å². The second-order valence-electron chi connectivity index (χ2n) is 6.53. The van der Waals surface area contributed by atoms with Crippen LogP contribution in [0.25, 0.3) is 0 Å². The Balaban J connectivity index is 2.01. The number of anilines is 2. The van der Waals surface area contributed by atoms with Crippen molar-refractivity contribution in [2.45, 2.75) is 38.6 Å². The smallest absolute Gasteiger partial charge is 0.231 e. The van der Waals surface area contributed by atoms with Gasteiger partial charge in [-0.1, -0.05) is 13.8 Å². The number of hydrogen-bond acceptors (Lipinski definition) is 7. The molecule has 0 unspecified atom stereocenters. The lowest BCUT2D eigenvalue weighted by molar-refractivity contribution is -0.119. The number of carbonyl (C=O) groups excluding carboxylic acids is 1. The molecule has 1 fully saturated rings. The summed E-state index contributed by atoms with van der Waals surface area (Å²) in [6.07, 6.45) is 1.88. The van der Waals surface area contributed by atoms with Gasteiger partial charge in [-0.15, -0.1) is 0 Å². The van der Waals surface area contributed by atoms with Gasteiger partial charge < -0.3 is 16.0 Å². The molecule has 0 atom stereocenters. The van der Waals surface area contributed by atoms with Crippen LogP contribution in [0.2, 0.25) is 0 Å². The molecule has 1 aliphatic heterocycles. The second-order valence-corrected chi connectivity index (χ2v) is 6.53. The first kappa shape index (κ1) is 17.4. The Kier molecular flexibility index (Phi) is 5.70. The minimum absolute atomic E-state index is 0.245. The van der Waals surface area contributed by atoms with Crippen LogP contribution in [-0.2, 0) is 4.79 Å². The van der Waals surface area contributed by atoms with E-state index in [0.717, 1.165) is 31.8 Å². The highest BCUT2D eigenvalue weighted by atomic mass is 16.1. The van der Waals surface area contributed by atoms with E-state index in [0.29, 0.717) is 24.5 Å². The Morgan fingerprint density at radius 2 is 1.96 bits per heavy atom. The molecule has 1 saturated heterocycles. The number of piperidine rings is 1. The van der Waals surface area contributed by atoms with Crippen LogP contribution in [0.4, 0.5) is 11.9 Å². The van der Waals surface area contributed by atoms with Crippen LogP contribution < -0.4 is 16.0 Å². The summed E-state index contributed by atoms with van der Waals surface area (Å²) in [4.78, 5) is 28.4. The fraction of sp³-hybridized carbons (Fsp3) is 0.733. The number of rotatable bonds is 6. The van der Waals surface area contributed by atoms with Gasteiger partial charge in [-0.3, -0.25) is 9.69 Å². The van der Waals surface area contributed by atoms with Gasteiger partial charge in [-0.05, 0) is 12.8 Å². The van der Waals surface area contributed by atoms with E-state index in [1.165, 1.54) is 0 Å². The zero-order valence-electron chi connectivity index (χ0n) is 14.4. The van der Waals surface area contributed by atoms with Gasteiger partial charge in [0.15, 0.2) is 0 Å². The Hall–Kier alpha value is -1.96. The first-order chi connectivity index (χ1) is 10.8. The molecule has 0 aliphatic carbocycles. The molecular weight excluding hydrogens is 294 g/mol. The van der Waals surface area contributed by atoms with Crippen molar-refractivity contribution in [2.24, 2.45) is 5.73 Å². The van der Waals surface area contributed by atoms with Crippen molar-refractivity contribution >= 4 is 17.8 Å². The molecule has 8 heteroatoms. The lowest BCUT2D eigenvalue weighted by atomic mass is 10.1. The minimum atomic E-state index is -0.272. The number of carbonyl (C=O) groups is 1. The summed E-state index contributed by atoms with van der Waals surface area (Å²) < 4.78 is 0. The van der Waals surface area contributed by atoms with Crippen molar-refractivity contribution in [1.29, 1.82) is 0 Å². The Bertz CT molecular complexity index is 512. The van der Waals surface area contributed by atoms with Gasteiger partial charge in [0.1, 0.15) is 5.82 Å². The van der Waals surface area contributed by atoms with Crippen LogP contribution >= 0.6 is 0 Å². The predicted molar refractivity (Wildman–Crippen MR) is 90.5 cm³/mol. The summed E-state index contributed by atoms with van der Waals surface area (Å²) in [6.45, 7) is 6.18. The summed E-state index contributed by atoms with van der Waals surface area (Å²) in [5, 5.41) is 3.41. The number of nitrogens with one attached hydrogen (secondary N) is 1. The van der Waals surface area contributed by atoms with Crippen molar-refractivity contribution in [2.75, 3.05) is 43.9 Å². The van der Waals surface area contributed by atoms with E-state index in [2.05, 4.69) is 39.0 Å². The van der Waals surface area contributed by atoms with E-state index in [-0.39, 0.29) is 11.8 Å². The van der Waals surface area contributed by atoms with Crippen LogP contribution in [0.1, 0.15) is 38.4 Å². The Labute approximate surface area is 137 Å². The highest BCUT2D eigenvalue weighted by molar-refractivity contribution is 5.75. The Morgan fingerprint density at radius 3 is 2.48 bits per heavy atom. The normalized spacial score (nSPS) is 16.6. The summed E-state index contributed by atoms with van der Waals surface area (Å²) in [5.41, 5.74) is 5.24. The molecule has 0 aromatic carbocycles. The number of aromatic nitrogens is 3. The lowest BCUT2D eigenvalue weighted by Crippen LogP contribution is -2.43. The second kappa shape index (κ2) is 7.54. The third-order valence-electron chi connectivity index (χ3n) is 3.86. The van der Waals surface area contributed by atoms with Gasteiger partial charge in [-0.2, -0.15) is 15.0 Å². The zero-order valence-corrected chi connectivity index (χ0v) is 14.4. The maximum absolute atomic E-state index is 11.0. The van der Waals surface area contributed by atoms with Gasteiger partial charge >= 0.3 is 0 Å². The molecule has 3 N–H and O–H groups in total. The topological polar surface area (TPSA) is 100 Å². The summed E-state index contributed by atoms with van der Waals surface area (Å²) >= 11 is 0. The van der Waals surface area contributed by atoms with Gasteiger partial charge in [0.25, 0.3) is 0 Å². The maximum atomic E-state index is 11.0. The number of nitrogens with zero attached hydrogens (tertiary/aromatic N) is 5. The average Bonchev–Trinajstić information content (AvgIpc) is 2.48. The van der Waals surface area contributed by atoms with Gasteiger partial charge in [0, 0.05) is 39.1 Å². The van der Waals surface area contributed by atoms with Gasteiger partial charge in [-0.25, -0.2) is 0 Å². The maximum Gasteiger partial charge on any atom is 0.231 e. The zero-order chi connectivity index (χ0) is 17.0. The fourth-order valence-electron chi connectivity index (χ4n) is 2.54. The van der Waals surface area contributed by atoms with Crippen LogP contribution in [-0.4, -0.2) is 65.5 Å². The molecule has 0 bridgehead atoms. The van der Waals surface area contributed by atoms with E-state index in [9.17, 15) is 4.79 Å². The summed E-state index contributed by atoms with van der Waals surface area (Å²) in [6, 6.07) is 0.302.